The van der Waals surface area contributed by atoms with Gasteiger partial charge < -0.3 is 25.5 Å². The lowest BCUT2D eigenvalue weighted by molar-refractivity contribution is -0.147. The number of carboxylic acids is 2. The average Bonchev–Trinajstić information content (AvgIpc) is 2.81. The number of aliphatic hydroxyl groups is 1. The quantitative estimate of drug-likeness (QED) is 0.385. The molecule has 2 atom stereocenters. The zero-order valence-corrected chi connectivity index (χ0v) is 19.0. The molecule has 0 aliphatic carbocycles. The number of hydrogen-bond donors (Lipinski definition) is 4. The molecule has 178 valence electrons. The van der Waals surface area contributed by atoms with E-state index < -0.39 is 42.7 Å². The number of nitrogens with zero attached hydrogens (tertiary/aromatic N) is 1. The fourth-order valence-corrected chi connectivity index (χ4v) is 3.76. The van der Waals surface area contributed by atoms with Crippen molar-refractivity contribution >= 4 is 28.7 Å². The number of carboxylic acid groups (broad SMARTS) is 2. The van der Waals surface area contributed by atoms with Gasteiger partial charge >= 0.3 is 18.0 Å². The van der Waals surface area contributed by atoms with Gasteiger partial charge in [0.2, 0.25) is 0 Å². The Kier molecular flexibility index (Phi) is 7.86. The van der Waals surface area contributed by atoms with E-state index in [0.29, 0.717) is 0 Å². The first-order valence-electron chi connectivity index (χ1n) is 10.9. The van der Waals surface area contributed by atoms with Crippen LogP contribution in [0.1, 0.15) is 19.4 Å². The van der Waals surface area contributed by atoms with Crippen LogP contribution in [0.2, 0.25) is 0 Å². The highest BCUT2D eigenvalue weighted by Crippen LogP contribution is 2.28. The molecule has 0 heterocycles. The maximum atomic E-state index is 12.7. The Morgan fingerprint density at radius 2 is 1.53 bits per heavy atom. The van der Waals surface area contributed by atoms with Gasteiger partial charge in [0.25, 0.3) is 0 Å². The summed E-state index contributed by atoms with van der Waals surface area (Å²) in [4.78, 5) is 36.5. The number of rotatable bonds is 9. The molecule has 34 heavy (non-hydrogen) atoms. The summed E-state index contributed by atoms with van der Waals surface area (Å²) in [6.45, 7) is 2.84. The van der Waals surface area contributed by atoms with E-state index >= 15 is 0 Å². The number of benzene rings is 3. The van der Waals surface area contributed by atoms with Crippen molar-refractivity contribution in [2.75, 3.05) is 6.54 Å². The Balaban J connectivity index is 1.75. The second kappa shape index (κ2) is 10.8. The van der Waals surface area contributed by atoms with Crippen molar-refractivity contribution in [2.45, 2.75) is 38.5 Å². The largest absolute Gasteiger partial charge is 0.480 e. The lowest BCUT2D eigenvalue weighted by Gasteiger charge is -2.29. The second-order valence-electron chi connectivity index (χ2n) is 8.37. The van der Waals surface area contributed by atoms with Gasteiger partial charge in [0, 0.05) is 12.5 Å². The van der Waals surface area contributed by atoms with Gasteiger partial charge in [-0.15, -0.1) is 0 Å². The van der Waals surface area contributed by atoms with Crippen LogP contribution in [0.4, 0.5) is 4.79 Å². The first-order chi connectivity index (χ1) is 16.2. The minimum atomic E-state index is -1.77. The predicted octanol–water partition coefficient (Wildman–Crippen LogP) is 3.37. The molecule has 0 radical (unpaired) electrons. The van der Waals surface area contributed by atoms with Crippen LogP contribution in [0.25, 0.3) is 21.9 Å². The Bertz CT molecular complexity index is 1170. The molecule has 3 aromatic carbocycles. The van der Waals surface area contributed by atoms with Gasteiger partial charge in [-0.05, 0) is 41.3 Å². The van der Waals surface area contributed by atoms with Crippen LogP contribution in [-0.2, 0) is 16.0 Å². The summed E-state index contributed by atoms with van der Waals surface area (Å²) in [6, 6.07) is 19.2. The maximum absolute atomic E-state index is 12.7. The zero-order valence-electron chi connectivity index (χ0n) is 19.0. The number of aliphatic carboxylic acids is 2. The third kappa shape index (κ3) is 5.90. The number of amides is 2. The van der Waals surface area contributed by atoms with E-state index in [1.165, 1.54) is 0 Å². The molecule has 0 aliphatic heterocycles. The molecule has 0 aliphatic rings. The summed E-state index contributed by atoms with van der Waals surface area (Å²) in [6.07, 6.45) is -1.72. The minimum Gasteiger partial charge on any atom is -0.480 e. The first kappa shape index (κ1) is 24.7. The SMILES string of the molecule is CC(C)N(CC(O)C(=O)O)C(=O)N[C@@H](Cc1ccc(-c2cccc3ccccc23)cc1)C(=O)O. The van der Waals surface area contributed by atoms with Crippen LogP contribution in [0.3, 0.4) is 0 Å². The van der Waals surface area contributed by atoms with Crippen LogP contribution >= 0.6 is 0 Å². The molecule has 0 bridgehead atoms. The minimum absolute atomic E-state index is 0.0459. The van der Waals surface area contributed by atoms with Crippen LogP contribution in [0, 0.1) is 0 Å². The van der Waals surface area contributed by atoms with Crippen molar-refractivity contribution in [3.05, 3.63) is 72.3 Å². The highest BCUT2D eigenvalue weighted by Gasteiger charge is 2.28. The van der Waals surface area contributed by atoms with Crippen LogP contribution < -0.4 is 5.32 Å². The Hall–Kier alpha value is -3.91. The normalized spacial score (nSPS) is 12.8. The third-order valence-corrected chi connectivity index (χ3v) is 5.63. The highest BCUT2D eigenvalue weighted by molar-refractivity contribution is 5.96. The third-order valence-electron chi connectivity index (χ3n) is 5.63. The van der Waals surface area contributed by atoms with Gasteiger partial charge in [0.1, 0.15) is 6.04 Å². The first-order valence-corrected chi connectivity index (χ1v) is 10.9. The molecule has 3 rings (SSSR count). The van der Waals surface area contributed by atoms with Gasteiger partial charge in [-0.25, -0.2) is 14.4 Å². The molecule has 4 N–H and O–H groups in total. The number of nitrogens with one attached hydrogen (secondary N) is 1. The molecule has 0 fully saturated rings. The number of carbonyl (C=O) groups excluding carboxylic acids is 1. The highest BCUT2D eigenvalue weighted by atomic mass is 16.4. The molecule has 8 nitrogen and oxygen atoms in total. The molecule has 2 amide bonds. The summed E-state index contributed by atoms with van der Waals surface area (Å²) in [5.74, 6) is -2.67. The number of fused-ring (bicyclic) bond motifs is 1. The van der Waals surface area contributed by atoms with Crippen LogP contribution in [0.5, 0.6) is 0 Å². The molecule has 0 saturated carbocycles. The fraction of sp³-hybridized carbons (Fsp3) is 0.269. The van der Waals surface area contributed by atoms with Gasteiger partial charge in [0.15, 0.2) is 6.10 Å². The van der Waals surface area contributed by atoms with Gasteiger partial charge in [-0.2, -0.15) is 0 Å². The van der Waals surface area contributed by atoms with Crippen molar-refractivity contribution in [1.29, 1.82) is 0 Å². The van der Waals surface area contributed by atoms with E-state index in [1.54, 1.807) is 13.8 Å². The summed E-state index contributed by atoms with van der Waals surface area (Å²) >= 11 is 0. The summed E-state index contributed by atoms with van der Waals surface area (Å²) in [7, 11) is 0. The maximum Gasteiger partial charge on any atom is 0.334 e. The standard InChI is InChI=1S/C26H28N2O6/c1-16(2)28(15-23(29)25(32)33)26(34)27-22(24(30)31)14-17-10-12-19(13-11-17)21-9-5-7-18-6-3-4-8-20(18)21/h3-13,16,22-23,29H,14-15H2,1-2H3,(H,27,34)(H,30,31)(H,32,33)/t22-,23?/m0/s1. The van der Waals surface area contributed by atoms with Crippen molar-refractivity contribution in [1.82, 2.24) is 10.2 Å². The van der Waals surface area contributed by atoms with Crippen molar-refractivity contribution in [2.24, 2.45) is 0 Å². The topological polar surface area (TPSA) is 127 Å². The summed E-state index contributed by atoms with van der Waals surface area (Å²) in [5, 5.41) is 32.9. The summed E-state index contributed by atoms with van der Waals surface area (Å²) < 4.78 is 0. The molecule has 3 aromatic rings. The molecule has 0 aromatic heterocycles. The fourth-order valence-electron chi connectivity index (χ4n) is 3.76. The molecule has 0 spiro atoms. The number of hydrogen-bond acceptors (Lipinski definition) is 4. The van der Waals surface area contributed by atoms with Crippen LogP contribution in [0.15, 0.2) is 66.7 Å². The summed E-state index contributed by atoms with van der Waals surface area (Å²) in [5.41, 5.74) is 2.78. The van der Waals surface area contributed by atoms with Gasteiger partial charge in [-0.3, -0.25) is 0 Å². The van der Waals surface area contributed by atoms with E-state index in [-0.39, 0.29) is 6.42 Å². The number of urea groups is 1. The van der Waals surface area contributed by atoms with Gasteiger partial charge in [-0.1, -0.05) is 66.7 Å². The Morgan fingerprint density at radius 3 is 2.15 bits per heavy atom. The van der Waals surface area contributed by atoms with E-state index in [9.17, 15) is 24.6 Å². The number of aliphatic hydroxyl groups excluding tert-OH is 1. The molecule has 1 unspecified atom stereocenters. The lowest BCUT2D eigenvalue weighted by Crippen LogP contribution is -2.53. The van der Waals surface area contributed by atoms with Crippen molar-refractivity contribution in [3.8, 4) is 11.1 Å². The average molecular weight is 465 g/mol. The Labute approximate surface area is 197 Å². The van der Waals surface area contributed by atoms with Crippen LogP contribution in [-0.4, -0.2) is 62.9 Å². The Morgan fingerprint density at radius 1 is 0.882 bits per heavy atom. The monoisotopic (exact) mass is 464 g/mol. The molecular weight excluding hydrogens is 436 g/mol. The van der Waals surface area contributed by atoms with Crippen molar-refractivity contribution in [3.63, 3.8) is 0 Å². The van der Waals surface area contributed by atoms with Crippen molar-refractivity contribution < 1.29 is 29.7 Å². The zero-order chi connectivity index (χ0) is 24.8. The molecule has 0 saturated heterocycles. The van der Waals surface area contributed by atoms with E-state index in [4.69, 9.17) is 5.11 Å². The van der Waals surface area contributed by atoms with Gasteiger partial charge in [0.05, 0.1) is 6.54 Å². The van der Waals surface area contributed by atoms with E-state index in [0.717, 1.165) is 32.4 Å². The number of carbonyl (C=O) groups is 3. The molecule has 8 heteroatoms. The van der Waals surface area contributed by atoms with E-state index in [1.807, 2.05) is 60.7 Å². The second-order valence-corrected chi connectivity index (χ2v) is 8.37. The predicted molar refractivity (Wildman–Crippen MR) is 129 cm³/mol. The molecular formula is C26H28N2O6. The smallest absolute Gasteiger partial charge is 0.334 e. The van der Waals surface area contributed by atoms with E-state index in [2.05, 4.69) is 11.4 Å². The lowest BCUT2D eigenvalue weighted by atomic mass is 9.96.